The maximum atomic E-state index is 12.9. The van der Waals surface area contributed by atoms with Gasteiger partial charge in [0.25, 0.3) is 0 Å². The molecule has 0 saturated carbocycles. The summed E-state index contributed by atoms with van der Waals surface area (Å²) in [7, 11) is 0. The molecule has 0 aliphatic carbocycles. The molecular weight excluding hydrogens is 322 g/mol. The van der Waals surface area contributed by atoms with E-state index in [1.165, 1.54) is 11.1 Å². The van der Waals surface area contributed by atoms with Crippen LogP contribution in [0.2, 0.25) is 0 Å². The van der Waals surface area contributed by atoms with Gasteiger partial charge in [-0.1, -0.05) is 26.8 Å². The number of imidazole rings is 1. The third-order valence-corrected chi connectivity index (χ3v) is 5.07. The van der Waals surface area contributed by atoms with E-state index in [-0.39, 0.29) is 17.4 Å². The highest BCUT2D eigenvalue weighted by Crippen LogP contribution is 2.37. The summed E-state index contributed by atoms with van der Waals surface area (Å²) in [6.07, 6.45) is 4.99. The number of hydrogen-bond acceptors (Lipinski definition) is 2. The van der Waals surface area contributed by atoms with Crippen molar-refractivity contribution in [2.45, 2.75) is 47.1 Å². The number of hydrogen-bond donors (Lipinski definition) is 0. The number of carbonyl (C=O) groups is 1. The fraction of sp³-hybridized carbons (Fsp3) is 0.364. The topological polar surface area (TPSA) is 37.6 Å². The molecule has 0 saturated heterocycles. The minimum Gasteiger partial charge on any atom is -0.309 e. The number of aryl methyl sites for hydroxylation is 1. The number of carbonyl (C=O) groups excluding carboxylic acids is 1. The van der Waals surface area contributed by atoms with Crippen LogP contribution in [0.25, 0.3) is 16.9 Å². The summed E-state index contributed by atoms with van der Waals surface area (Å²) in [5, 5.41) is 0. The van der Waals surface area contributed by atoms with E-state index in [0.717, 1.165) is 29.0 Å². The van der Waals surface area contributed by atoms with Gasteiger partial charge < -0.3 is 9.30 Å². The van der Waals surface area contributed by atoms with Crippen LogP contribution in [0.15, 0.2) is 42.7 Å². The van der Waals surface area contributed by atoms with Gasteiger partial charge in [-0.05, 0) is 55.7 Å². The van der Waals surface area contributed by atoms with Crippen LogP contribution < -0.4 is 4.90 Å². The van der Waals surface area contributed by atoms with Gasteiger partial charge in [-0.2, -0.15) is 0 Å². The van der Waals surface area contributed by atoms with Crippen LogP contribution in [-0.2, 0) is 11.2 Å². The lowest BCUT2D eigenvalue weighted by Gasteiger charge is -2.29. The van der Waals surface area contributed by atoms with E-state index in [2.05, 4.69) is 50.4 Å². The van der Waals surface area contributed by atoms with E-state index in [1.807, 2.05) is 36.3 Å². The van der Waals surface area contributed by atoms with Gasteiger partial charge in [0, 0.05) is 35.1 Å². The summed E-state index contributed by atoms with van der Waals surface area (Å²) in [6.45, 7) is 10.1. The van der Waals surface area contributed by atoms with Crippen LogP contribution in [0.3, 0.4) is 0 Å². The molecule has 4 heteroatoms. The zero-order valence-electron chi connectivity index (χ0n) is 16.1. The Bertz CT molecular complexity index is 1010. The molecule has 0 unspecified atom stereocenters. The Kier molecular flexibility index (Phi) is 3.69. The first-order valence-electron chi connectivity index (χ1n) is 9.16. The first kappa shape index (κ1) is 16.8. The number of anilines is 1. The molecule has 3 heterocycles. The van der Waals surface area contributed by atoms with Crippen molar-refractivity contribution in [2.24, 2.45) is 5.41 Å². The Morgan fingerprint density at radius 1 is 1.19 bits per heavy atom. The zero-order chi connectivity index (χ0) is 18.6. The van der Waals surface area contributed by atoms with Crippen molar-refractivity contribution < 1.29 is 4.79 Å². The van der Waals surface area contributed by atoms with Crippen LogP contribution >= 0.6 is 0 Å². The van der Waals surface area contributed by atoms with Gasteiger partial charge in [0.1, 0.15) is 5.65 Å². The maximum absolute atomic E-state index is 12.9. The van der Waals surface area contributed by atoms with Crippen LogP contribution in [0.4, 0.5) is 5.69 Å². The third-order valence-electron chi connectivity index (χ3n) is 5.07. The summed E-state index contributed by atoms with van der Waals surface area (Å²) in [5.41, 5.74) is 6.11. The zero-order valence-corrected chi connectivity index (χ0v) is 16.1. The number of rotatable bonds is 1. The second-order valence-corrected chi connectivity index (χ2v) is 8.42. The molecule has 0 spiro atoms. The molecule has 0 radical (unpaired) electrons. The lowest BCUT2D eigenvalue weighted by Crippen LogP contribution is -2.42. The second kappa shape index (κ2) is 5.70. The highest BCUT2D eigenvalue weighted by atomic mass is 16.2. The number of nitrogens with zero attached hydrogens (tertiary/aromatic N) is 3. The summed E-state index contributed by atoms with van der Waals surface area (Å²) < 4.78 is 2.05. The standard InChI is InChI=1S/C22H25N3O/c1-14-8-9-24-13-18(23-20(24)10-14)16-6-7-19-17(12-16)11-15(2)25(19)21(26)22(3,4)5/h6-10,12-13,15H,11H2,1-5H3/t15-/m1/s1. The average Bonchev–Trinajstić information content (AvgIpc) is 3.12. The number of benzene rings is 1. The number of aromatic nitrogens is 2. The Morgan fingerprint density at radius 2 is 1.96 bits per heavy atom. The lowest BCUT2D eigenvalue weighted by molar-refractivity contribution is -0.126. The van der Waals surface area contributed by atoms with Crippen LogP contribution in [-0.4, -0.2) is 21.3 Å². The molecule has 1 aliphatic rings. The molecule has 1 aliphatic heterocycles. The lowest BCUT2D eigenvalue weighted by atomic mass is 9.94. The van der Waals surface area contributed by atoms with Gasteiger partial charge in [-0.3, -0.25) is 4.79 Å². The van der Waals surface area contributed by atoms with E-state index in [1.54, 1.807) is 0 Å². The minimum absolute atomic E-state index is 0.180. The minimum atomic E-state index is -0.381. The quantitative estimate of drug-likeness (QED) is 0.643. The van der Waals surface area contributed by atoms with Gasteiger partial charge in [0.15, 0.2) is 0 Å². The Hall–Kier alpha value is -2.62. The molecule has 1 amide bonds. The maximum Gasteiger partial charge on any atom is 0.232 e. The van der Waals surface area contributed by atoms with Crippen molar-refractivity contribution in [1.29, 1.82) is 0 Å². The first-order valence-corrected chi connectivity index (χ1v) is 9.16. The van der Waals surface area contributed by atoms with Crippen molar-refractivity contribution in [2.75, 3.05) is 4.90 Å². The SMILES string of the molecule is Cc1ccn2cc(-c3ccc4c(c3)C[C@@H](C)N4C(=O)C(C)(C)C)nc2c1. The molecule has 4 rings (SSSR count). The van der Waals surface area contributed by atoms with Crippen molar-refractivity contribution in [1.82, 2.24) is 9.38 Å². The second-order valence-electron chi connectivity index (χ2n) is 8.42. The molecular formula is C22H25N3O. The predicted octanol–water partition coefficient (Wildman–Crippen LogP) is 4.63. The largest absolute Gasteiger partial charge is 0.309 e. The van der Waals surface area contributed by atoms with E-state index in [4.69, 9.17) is 4.98 Å². The Morgan fingerprint density at radius 3 is 2.69 bits per heavy atom. The van der Waals surface area contributed by atoms with Crippen molar-refractivity contribution >= 4 is 17.2 Å². The molecule has 134 valence electrons. The van der Waals surface area contributed by atoms with E-state index in [0.29, 0.717) is 0 Å². The smallest absolute Gasteiger partial charge is 0.232 e. The fourth-order valence-electron chi connectivity index (χ4n) is 3.68. The molecule has 0 N–H and O–H groups in total. The summed E-state index contributed by atoms with van der Waals surface area (Å²) in [5.74, 6) is 0.180. The average molecular weight is 347 g/mol. The number of amides is 1. The highest BCUT2D eigenvalue weighted by molar-refractivity contribution is 5.99. The number of pyridine rings is 1. The summed E-state index contributed by atoms with van der Waals surface area (Å²) >= 11 is 0. The molecule has 0 bridgehead atoms. The predicted molar refractivity (Wildman–Crippen MR) is 105 cm³/mol. The van der Waals surface area contributed by atoms with Crippen LogP contribution in [0.1, 0.15) is 38.8 Å². The van der Waals surface area contributed by atoms with E-state index in [9.17, 15) is 4.79 Å². The third kappa shape index (κ3) is 2.70. The number of fused-ring (bicyclic) bond motifs is 2. The van der Waals surface area contributed by atoms with Gasteiger partial charge in [0.05, 0.1) is 5.69 Å². The summed E-state index contributed by atoms with van der Waals surface area (Å²) in [4.78, 5) is 19.6. The van der Waals surface area contributed by atoms with Crippen molar-refractivity contribution in [3.63, 3.8) is 0 Å². The molecule has 26 heavy (non-hydrogen) atoms. The van der Waals surface area contributed by atoms with Gasteiger partial charge in [-0.15, -0.1) is 0 Å². The van der Waals surface area contributed by atoms with Gasteiger partial charge in [0.2, 0.25) is 5.91 Å². The van der Waals surface area contributed by atoms with Crippen molar-refractivity contribution in [3.8, 4) is 11.3 Å². The Balaban J connectivity index is 1.74. The summed E-state index contributed by atoms with van der Waals surface area (Å²) in [6, 6.07) is 10.7. The molecule has 4 nitrogen and oxygen atoms in total. The monoisotopic (exact) mass is 347 g/mol. The first-order chi connectivity index (χ1) is 12.2. The fourth-order valence-corrected chi connectivity index (χ4v) is 3.68. The normalized spacial score (nSPS) is 17.0. The van der Waals surface area contributed by atoms with E-state index >= 15 is 0 Å². The molecule has 0 fully saturated rings. The molecule has 1 aromatic carbocycles. The molecule has 2 aromatic heterocycles. The van der Waals surface area contributed by atoms with Gasteiger partial charge >= 0.3 is 0 Å². The molecule has 3 aromatic rings. The van der Waals surface area contributed by atoms with Gasteiger partial charge in [-0.25, -0.2) is 4.98 Å². The molecule has 1 atom stereocenters. The Labute approximate surface area is 154 Å². The highest BCUT2D eigenvalue weighted by Gasteiger charge is 2.36. The van der Waals surface area contributed by atoms with E-state index < -0.39 is 0 Å². The van der Waals surface area contributed by atoms with Crippen LogP contribution in [0, 0.1) is 12.3 Å². The van der Waals surface area contributed by atoms with Crippen molar-refractivity contribution in [3.05, 3.63) is 53.9 Å². The van der Waals surface area contributed by atoms with Crippen LogP contribution in [0.5, 0.6) is 0 Å².